The van der Waals surface area contributed by atoms with Gasteiger partial charge in [-0.2, -0.15) is 0 Å². The molecule has 30 heavy (non-hydrogen) atoms. The Hall–Kier alpha value is -2.70. The molecule has 0 spiro atoms. The largest absolute Gasteiger partial charge is 0.478 e. The number of hydrogen-bond acceptors (Lipinski definition) is 4. The zero-order valence-electron chi connectivity index (χ0n) is 17.9. The van der Waals surface area contributed by atoms with E-state index in [0.717, 1.165) is 12.8 Å². The van der Waals surface area contributed by atoms with Gasteiger partial charge in [0.1, 0.15) is 0 Å². The molecule has 0 saturated carbocycles. The van der Waals surface area contributed by atoms with Crippen LogP contribution in [0.4, 0.5) is 0 Å². The topological polar surface area (TPSA) is 115 Å². The first-order valence-corrected chi connectivity index (χ1v) is 10.1. The zero-order chi connectivity index (χ0) is 22.9. The second-order valence-electron chi connectivity index (χ2n) is 6.98. The van der Waals surface area contributed by atoms with Gasteiger partial charge < -0.3 is 20.4 Å². The van der Waals surface area contributed by atoms with Gasteiger partial charge in [0.2, 0.25) is 0 Å². The van der Waals surface area contributed by atoms with Crippen molar-refractivity contribution in [2.24, 2.45) is 5.92 Å². The van der Waals surface area contributed by atoms with Crippen LogP contribution in [0.1, 0.15) is 67.2 Å². The number of unbranched alkanes of at least 4 members (excludes halogenated alkanes) is 2. The van der Waals surface area contributed by atoms with Gasteiger partial charge in [-0.3, -0.25) is 0 Å². The highest BCUT2D eigenvalue weighted by Gasteiger charge is 2.19. The average molecular weight is 419 g/mol. The van der Waals surface area contributed by atoms with Crippen LogP contribution in [0.3, 0.4) is 0 Å². The SMILES string of the molecule is CCCCCC(C(C)O)C(C)O.O=C(O)c1ccccc1.O=C(O)c1ccccc1. The predicted octanol–water partition coefficient (Wildman–Crippen LogP) is 4.71. The zero-order valence-corrected chi connectivity index (χ0v) is 17.9. The maximum absolute atomic E-state index is 10.2. The van der Waals surface area contributed by atoms with E-state index in [2.05, 4.69) is 6.92 Å². The van der Waals surface area contributed by atoms with Crippen LogP contribution >= 0.6 is 0 Å². The highest BCUT2D eigenvalue weighted by Crippen LogP contribution is 2.17. The number of aromatic carboxylic acids is 2. The molecule has 0 bridgehead atoms. The van der Waals surface area contributed by atoms with E-state index >= 15 is 0 Å². The fraction of sp³-hybridized carbons (Fsp3) is 0.417. The molecule has 0 fully saturated rings. The summed E-state index contributed by atoms with van der Waals surface area (Å²) in [6.07, 6.45) is 3.64. The van der Waals surface area contributed by atoms with Crippen LogP contribution in [0.5, 0.6) is 0 Å². The lowest BCUT2D eigenvalue weighted by atomic mass is 9.92. The molecule has 2 rings (SSSR count). The molecule has 6 nitrogen and oxygen atoms in total. The molecule has 2 atom stereocenters. The second kappa shape index (κ2) is 16.1. The highest BCUT2D eigenvalue weighted by atomic mass is 16.4. The summed E-state index contributed by atoms with van der Waals surface area (Å²) in [5, 5.41) is 35.4. The number of rotatable bonds is 8. The van der Waals surface area contributed by atoms with Crippen molar-refractivity contribution in [3.63, 3.8) is 0 Å². The van der Waals surface area contributed by atoms with Gasteiger partial charge in [0, 0.05) is 5.92 Å². The van der Waals surface area contributed by atoms with Gasteiger partial charge in [0.05, 0.1) is 23.3 Å². The van der Waals surface area contributed by atoms with E-state index in [1.54, 1.807) is 74.5 Å². The number of benzene rings is 2. The van der Waals surface area contributed by atoms with Crippen molar-refractivity contribution < 1.29 is 30.0 Å². The number of hydrogen-bond donors (Lipinski definition) is 4. The van der Waals surface area contributed by atoms with Crippen molar-refractivity contribution in [1.82, 2.24) is 0 Å². The standard InChI is InChI=1S/C10H22O2.2C7H6O2/c1-4-5-6-7-10(8(2)11)9(3)12;2*8-7(9)6-4-2-1-3-5-6/h8-12H,4-7H2,1-3H3;2*1-5H,(H,8,9). The van der Waals surface area contributed by atoms with Gasteiger partial charge in [-0.1, -0.05) is 62.6 Å². The Balaban J connectivity index is 0.000000426. The number of carboxylic acids is 2. The van der Waals surface area contributed by atoms with Gasteiger partial charge in [-0.05, 0) is 44.5 Å². The molecule has 6 heteroatoms. The molecule has 166 valence electrons. The molecule has 0 radical (unpaired) electrons. The van der Waals surface area contributed by atoms with Crippen molar-refractivity contribution in [1.29, 1.82) is 0 Å². The smallest absolute Gasteiger partial charge is 0.335 e. The fourth-order valence-corrected chi connectivity index (χ4v) is 2.68. The van der Waals surface area contributed by atoms with Crippen LogP contribution in [0, 0.1) is 5.92 Å². The van der Waals surface area contributed by atoms with Crippen LogP contribution < -0.4 is 0 Å². The fourth-order valence-electron chi connectivity index (χ4n) is 2.68. The van der Waals surface area contributed by atoms with Gasteiger partial charge in [-0.25, -0.2) is 9.59 Å². The first-order chi connectivity index (χ1) is 14.2. The highest BCUT2D eigenvalue weighted by molar-refractivity contribution is 5.87. The van der Waals surface area contributed by atoms with Gasteiger partial charge in [-0.15, -0.1) is 0 Å². The van der Waals surface area contributed by atoms with E-state index in [-0.39, 0.29) is 18.1 Å². The maximum atomic E-state index is 10.2. The van der Waals surface area contributed by atoms with Crippen molar-refractivity contribution in [3.05, 3.63) is 71.8 Å². The van der Waals surface area contributed by atoms with E-state index < -0.39 is 11.9 Å². The quantitative estimate of drug-likeness (QED) is 0.461. The lowest BCUT2D eigenvalue weighted by molar-refractivity contribution is 0.0259. The number of carboxylic acid groups (broad SMARTS) is 2. The molecule has 0 aliphatic rings. The Bertz CT molecular complexity index is 641. The van der Waals surface area contributed by atoms with E-state index in [4.69, 9.17) is 10.2 Å². The Morgan fingerprint density at radius 1 is 0.733 bits per heavy atom. The van der Waals surface area contributed by atoms with E-state index in [1.165, 1.54) is 12.8 Å². The van der Waals surface area contributed by atoms with Crippen LogP contribution in [0.2, 0.25) is 0 Å². The van der Waals surface area contributed by atoms with Crippen LogP contribution in [-0.2, 0) is 0 Å². The monoisotopic (exact) mass is 418 g/mol. The molecular weight excluding hydrogens is 384 g/mol. The third-order valence-electron chi connectivity index (χ3n) is 4.42. The van der Waals surface area contributed by atoms with Crippen LogP contribution in [0.15, 0.2) is 60.7 Å². The van der Waals surface area contributed by atoms with Crippen molar-refractivity contribution in [2.45, 2.75) is 58.7 Å². The average Bonchev–Trinajstić information content (AvgIpc) is 2.73. The lowest BCUT2D eigenvalue weighted by Crippen LogP contribution is -2.27. The molecule has 0 aromatic heterocycles. The Morgan fingerprint density at radius 3 is 1.33 bits per heavy atom. The van der Waals surface area contributed by atoms with Gasteiger partial charge >= 0.3 is 11.9 Å². The summed E-state index contributed by atoms with van der Waals surface area (Å²) in [6.45, 7) is 5.66. The number of aliphatic hydroxyl groups is 2. The van der Waals surface area contributed by atoms with Crippen molar-refractivity contribution in [3.8, 4) is 0 Å². The third kappa shape index (κ3) is 12.7. The summed E-state index contributed by atoms with van der Waals surface area (Å²) in [5.74, 6) is -1.71. The molecule has 2 unspecified atom stereocenters. The van der Waals surface area contributed by atoms with Crippen molar-refractivity contribution >= 4 is 11.9 Å². The third-order valence-corrected chi connectivity index (χ3v) is 4.42. The molecule has 2 aromatic carbocycles. The summed E-state index contributed by atoms with van der Waals surface area (Å²) in [5.41, 5.74) is 0.662. The summed E-state index contributed by atoms with van der Waals surface area (Å²) in [6, 6.07) is 16.6. The molecule has 0 aliphatic heterocycles. The summed E-state index contributed by atoms with van der Waals surface area (Å²) < 4.78 is 0. The number of carbonyl (C=O) groups is 2. The summed E-state index contributed by atoms with van der Waals surface area (Å²) in [7, 11) is 0. The van der Waals surface area contributed by atoms with Crippen LogP contribution in [0.25, 0.3) is 0 Å². The maximum Gasteiger partial charge on any atom is 0.335 e. The second-order valence-corrected chi connectivity index (χ2v) is 6.98. The van der Waals surface area contributed by atoms with E-state index in [1.807, 2.05) is 0 Å². The molecule has 0 heterocycles. The molecule has 4 N–H and O–H groups in total. The Kier molecular flexibility index (Phi) is 14.7. The summed E-state index contributed by atoms with van der Waals surface area (Å²) in [4.78, 5) is 20.4. The molecular formula is C24H34O6. The lowest BCUT2D eigenvalue weighted by Gasteiger charge is -2.22. The Labute approximate surface area is 178 Å². The number of aliphatic hydroxyl groups excluding tert-OH is 2. The van der Waals surface area contributed by atoms with E-state index in [9.17, 15) is 19.8 Å². The first-order valence-electron chi connectivity index (χ1n) is 10.1. The van der Waals surface area contributed by atoms with Crippen molar-refractivity contribution in [2.75, 3.05) is 0 Å². The normalized spacial score (nSPS) is 12.8. The molecule has 2 aromatic rings. The minimum Gasteiger partial charge on any atom is -0.478 e. The Morgan fingerprint density at radius 2 is 1.10 bits per heavy atom. The molecule has 0 aliphatic carbocycles. The minimum absolute atomic E-state index is 0.0524. The predicted molar refractivity (Wildman–Crippen MR) is 118 cm³/mol. The van der Waals surface area contributed by atoms with Gasteiger partial charge in [0.15, 0.2) is 0 Å². The van der Waals surface area contributed by atoms with Gasteiger partial charge in [0.25, 0.3) is 0 Å². The molecule has 0 saturated heterocycles. The summed E-state index contributed by atoms with van der Waals surface area (Å²) >= 11 is 0. The minimum atomic E-state index is -0.879. The first kappa shape index (κ1) is 27.3. The van der Waals surface area contributed by atoms with Crippen LogP contribution in [-0.4, -0.2) is 44.6 Å². The van der Waals surface area contributed by atoms with E-state index in [0.29, 0.717) is 11.1 Å². The molecule has 0 amide bonds.